The summed E-state index contributed by atoms with van der Waals surface area (Å²) in [6, 6.07) is 16.1. The number of benzene rings is 1. The largest absolute Gasteiger partial charge is 0.372 e. The molecule has 1 aromatic carbocycles. The van der Waals surface area contributed by atoms with E-state index >= 15 is 0 Å². The van der Waals surface area contributed by atoms with Gasteiger partial charge in [-0.15, -0.1) is 11.8 Å². The number of hydrogen-bond acceptors (Lipinski definition) is 8. The van der Waals surface area contributed by atoms with E-state index in [2.05, 4.69) is 41.2 Å². The van der Waals surface area contributed by atoms with Gasteiger partial charge in [-0.25, -0.2) is 9.97 Å². The number of ether oxygens (including phenoxy) is 1. The lowest BCUT2D eigenvalue weighted by Crippen LogP contribution is -2.45. The Labute approximate surface area is 252 Å². The maximum absolute atomic E-state index is 12.8. The number of morpholine rings is 1. The van der Waals surface area contributed by atoms with Crippen molar-refractivity contribution >= 4 is 34.4 Å². The van der Waals surface area contributed by atoms with Crippen LogP contribution in [0.15, 0.2) is 59.6 Å². The minimum absolute atomic E-state index is 0.121. The SMILES string of the molecule is CSc1cc(C(=O)NCc2cc3nc(-c4cc(CCCCN)cc(N5CC(C)OC(C)C5)n4)ccc3cn2)ccc1C. The molecule has 8 nitrogen and oxygen atoms in total. The molecule has 4 heterocycles. The average molecular weight is 585 g/mol. The summed E-state index contributed by atoms with van der Waals surface area (Å²) in [5, 5.41) is 3.94. The Morgan fingerprint density at radius 1 is 1.05 bits per heavy atom. The van der Waals surface area contributed by atoms with E-state index in [-0.39, 0.29) is 18.1 Å². The van der Waals surface area contributed by atoms with Crippen LogP contribution in [0.5, 0.6) is 0 Å². The second kappa shape index (κ2) is 13.6. The number of nitrogens with two attached hydrogens (primary N) is 1. The van der Waals surface area contributed by atoms with Crippen molar-refractivity contribution in [2.75, 3.05) is 30.8 Å². The average Bonchev–Trinajstić information content (AvgIpc) is 2.99. The third-order valence-electron chi connectivity index (χ3n) is 7.53. The van der Waals surface area contributed by atoms with E-state index in [9.17, 15) is 4.79 Å². The maximum atomic E-state index is 12.8. The van der Waals surface area contributed by atoms with E-state index in [0.717, 1.165) is 76.6 Å². The Bertz CT molecular complexity index is 1550. The lowest BCUT2D eigenvalue weighted by Gasteiger charge is -2.36. The summed E-state index contributed by atoms with van der Waals surface area (Å²) in [5.41, 5.74) is 12.0. The molecule has 0 aliphatic carbocycles. The van der Waals surface area contributed by atoms with Crippen LogP contribution in [-0.4, -0.2) is 59.0 Å². The van der Waals surface area contributed by atoms with E-state index < -0.39 is 0 Å². The molecule has 42 heavy (non-hydrogen) atoms. The highest BCUT2D eigenvalue weighted by Gasteiger charge is 2.24. The first-order valence-corrected chi connectivity index (χ1v) is 15.9. The molecule has 1 aliphatic rings. The normalized spacial score (nSPS) is 17.0. The van der Waals surface area contributed by atoms with Gasteiger partial charge in [0, 0.05) is 35.1 Å². The lowest BCUT2D eigenvalue weighted by molar-refractivity contribution is -0.00546. The van der Waals surface area contributed by atoms with E-state index in [1.807, 2.05) is 55.8 Å². The molecule has 1 amide bonds. The van der Waals surface area contributed by atoms with Gasteiger partial charge in [-0.2, -0.15) is 0 Å². The first kappa shape index (κ1) is 29.9. The predicted octanol–water partition coefficient (Wildman–Crippen LogP) is 5.55. The highest BCUT2D eigenvalue weighted by atomic mass is 32.2. The Morgan fingerprint density at radius 2 is 1.86 bits per heavy atom. The highest BCUT2D eigenvalue weighted by molar-refractivity contribution is 7.98. The highest BCUT2D eigenvalue weighted by Crippen LogP contribution is 2.27. The summed E-state index contributed by atoms with van der Waals surface area (Å²) in [6.07, 6.45) is 7.07. The number of aromatic nitrogens is 3. The fourth-order valence-corrected chi connectivity index (χ4v) is 6.01. The summed E-state index contributed by atoms with van der Waals surface area (Å²) in [7, 11) is 0. The van der Waals surface area contributed by atoms with Crippen LogP contribution in [0.2, 0.25) is 0 Å². The van der Waals surface area contributed by atoms with Crippen LogP contribution in [0, 0.1) is 6.92 Å². The predicted molar refractivity (Wildman–Crippen MR) is 171 cm³/mol. The summed E-state index contributed by atoms with van der Waals surface area (Å²) >= 11 is 1.64. The standard InChI is InChI=1S/C33H40N6O2S/c1-21-8-9-25(15-31(21)42-4)33(40)36-18-27-16-29-26(17-35-27)10-11-28(37-29)30-13-24(7-5-6-12-34)14-32(38-30)39-19-22(2)41-23(3)20-39/h8-11,13-17,22-23H,5-7,12,18-20,34H2,1-4H3,(H,36,40). The number of nitrogens with zero attached hydrogens (tertiary/aromatic N) is 4. The van der Waals surface area contributed by atoms with Gasteiger partial charge in [0.2, 0.25) is 0 Å². The fraction of sp³-hybridized carbons (Fsp3) is 0.394. The number of rotatable bonds is 10. The zero-order valence-corrected chi connectivity index (χ0v) is 25.7. The second-order valence-corrected chi connectivity index (χ2v) is 11.9. The van der Waals surface area contributed by atoms with Crippen molar-refractivity contribution in [1.82, 2.24) is 20.3 Å². The number of thioether (sulfide) groups is 1. The Balaban J connectivity index is 1.39. The smallest absolute Gasteiger partial charge is 0.251 e. The van der Waals surface area contributed by atoms with Gasteiger partial charge < -0.3 is 20.7 Å². The molecule has 1 fully saturated rings. The quantitative estimate of drug-likeness (QED) is 0.185. The van der Waals surface area contributed by atoms with Gasteiger partial charge in [0.25, 0.3) is 5.91 Å². The van der Waals surface area contributed by atoms with Crippen LogP contribution in [0.3, 0.4) is 0 Å². The number of hydrogen-bond donors (Lipinski definition) is 2. The van der Waals surface area contributed by atoms with Crippen LogP contribution in [0.25, 0.3) is 22.3 Å². The third-order valence-corrected chi connectivity index (χ3v) is 8.41. The molecule has 2 atom stereocenters. The molecule has 3 aromatic heterocycles. The summed E-state index contributed by atoms with van der Waals surface area (Å²) in [5.74, 6) is 0.835. The fourth-order valence-electron chi connectivity index (χ4n) is 5.38. The zero-order chi connectivity index (χ0) is 29.6. The van der Waals surface area contributed by atoms with Crippen molar-refractivity contribution < 1.29 is 9.53 Å². The Hall–Kier alpha value is -3.53. The third kappa shape index (κ3) is 7.27. The van der Waals surface area contributed by atoms with Gasteiger partial charge in [0.15, 0.2) is 0 Å². The van der Waals surface area contributed by atoms with E-state index in [0.29, 0.717) is 18.7 Å². The number of fused-ring (bicyclic) bond motifs is 1. The molecule has 1 saturated heterocycles. The van der Waals surface area contributed by atoms with Crippen molar-refractivity contribution in [2.24, 2.45) is 5.73 Å². The van der Waals surface area contributed by atoms with Crippen molar-refractivity contribution in [2.45, 2.75) is 63.7 Å². The van der Waals surface area contributed by atoms with Gasteiger partial charge in [0.05, 0.1) is 41.4 Å². The van der Waals surface area contributed by atoms with Crippen molar-refractivity contribution in [3.8, 4) is 11.4 Å². The Morgan fingerprint density at radius 3 is 2.62 bits per heavy atom. The van der Waals surface area contributed by atoms with E-state index in [1.165, 1.54) is 5.56 Å². The summed E-state index contributed by atoms with van der Waals surface area (Å²) in [6.45, 7) is 8.87. The molecule has 1 aliphatic heterocycles. The number of aryl methyl sites for hydroxylation is 2. The van der Waals surface area contributed by atoms with Gasteiger partial charge in [0.1, 0.15) is 5.82 Å². The van der Waals surface area contributed by atoms with Gasteiger partial charge >= 0.3 is 0 Å². The molecule has 220 valence electrons. The molecule has 2 unspecified atom stereocenters. The molecule has 0 spiro atoms. The first-order chi connectivity index (χ1) is 20.3. The summed E-state index contributed by atoms with van der Waals surface area (Å²) in [4.78, 5) is 30.9. The number of carbonyl (C=O) groups is 1. The van der Waals surface area contributed by atoms with Gasteiger partial charge in [-0.1, -0.05) is 6.07 Å². The molecule has 0 saturated carbocycles. The first-order valence-electron chi connectivity index (χ1n) is 14.6. The van der Waals surface area contributed by atoms with E-state index in [1.54, 1.807) is 11.8 Å². The van der Waals surface area contributed by atoms with Crippen molar-refractivity contribution in [3.63, 3.8) is 0 Å². The second-order valence-electron chi connectivity index (χ2n) is 11.1. The zero-order valence-electron chi connectivity index (χ0n) is 24.9. The molecule has 4 aromatic rings. The molecule has 3 N–H and O–H groups in total. The molecule has 5 rings (SSSR count). The monoisotopic (exact) mass is 584 g/mol. The number of pyridine rings is 3. The van der Waals surface area contributed by atoms with Crippen LogP contribution in [0.1, 0.15) is 53.9 Å². The van der Waals surface area contributed by atoms with Gasteiger partial charge in [-0.3, -0.25) is 9.78 Å². The van der Waals surface area contributed by atoms with Crippen molar-refractivity contribution in [3.05, 3.63) is 77.1 Å². The number of amides is 1. The number of anilines is 1. The molecule has 9 heteroatoms. The molecule has 0 bridgehead atoms. The molecular weight excluding hydrogens is 544 g/mol. The van der Waals surface area contributed by atoms with Crippen LogP contribution in [-0.2, 0) is 17.7 Å². The van der Waals surface area contributed by atoms with Crippen LogP contribution >= 0.6 is 11.8 Å². The molecule has 0 radical (unpaired) electrons. The minimum atomic E-state index is -0.121. The minimum Gasteiger partial charge on any atom is -0.372 e. The number of unbranched alkanes of at least 4 members (excludes halogenated alkanes) is 1. The lowest BCUT2D eigenvalue weighted by atomic mass is 10.1. The summed E-state index contributed by atoms with van der Waals surface area (Å²) < 4.78 is 5.97. The Kier molecular flexibility index (Phi) is 9.72. The van der Waals surface area contributed by atoms with Crippen molar-refractivity contribution in [1.29, 1.82) is 0 Å². The van der Waals surface area contributed by atoms with Crippen LogP contribution in [0.4, 0.5) is 5.82 Å². The molecular formula is C33H40N6O2S. The van der Waals surface area contributed by atoms with E-state index in [4.69, 9.17) is 20.4 Å². The van der Waals surface area contributed by atoms with Crippen LogP contribution < -0.4 is 16.0 Å². The topological polar surface area (TPSA) is 106 Å². The van der Waals surface area contributed by atoms with Gasteiger partial charge in [-0.05, 0) is 106 Å². The number of nitrogens with one attached hydrogen (secondary N) is 1. The number of carbonyl (C=O) groups excluding carboxylic acids is 1. The maximum Gasteiger partial charge on any atom is 0.251 e.